The average Bonchev–Trinajstić information content (AvgIpc) is 2.65. The van der Waals surface area contributed by atoms with Gasteiger partial charge in [0.05, 0.1) is 0 Å². The van der Waals surface area contributed by atoms with Gasteiger partial charge in [0.25, 0.3) is 5.91 Å². The third-order valence-corrected chi connectivity index (χ3v) is 4.85. The molecule has 0 radical (unpaired) electrons. The molecule has 3 heteroatoms. The highest BCUT2D eigenvalue weighted by Crippen LogP contribution is 2.26. The van der Waals surface area contributed by atoms with Crippen molar-refractivity contribution in [1.82, 2.24) is 5.32 Å². The number of carbonyl (C=O) groups is 1. The molecular formula is C22H27NO2. The van der Waals surface area contributed by atoms with Gasteiger partial charge < -0.3 is 10.1 Å². The molecule has 0 heterocycles. The Morgan fingerprint density at radius 1 is 1.08 bits per heavy atom. The highest BCUT2D eigenvalue weighted by molar-refractivity contribution is 5.81. The normalized spacial score (nSPS) is 14.5. The number of rotatable bonds is 6. The monoisotopic (exact) mass is 337 g/mol. The molecular weight excluding hydrogens is 310 g/mol. The number of carbonyl (C=O) groups excluding carboxylic acids is 1. The predicted octanol–water partition coefficient (Wildman–Crippen LogP) is 4.35. The van der Waals surface area contributed by atoms with Crippen molar-refractivity contribution in [1.29, 1.82) is 0 Å². The molecule has 0 bridgehead atoms. The Labute approximate surface area is 150 Å². The fraction of sp³-hybridized carbons (Fsp3) is 0.409. The predicted molar refractivity (Wildman–Crippen MR) is 101 cm³/mol. The SMILES string of the molecule is CC[C@H](Oc1ccc2c(c1)CCCC2)C(=O)NCc1ccc(C)cc1. The van der Waals surface area contributed by atoms with Crippen LogP contribution in [0, 0.1) is 6.92 Å². The Kier molecular flexibility index (Phi) is 5.75. The zero-order valence-corrected chi connectivity index (χ0v) is 15.2. The van der Waals surface area contributed by atoms with Crippen LogP contribution >= 0.6 is 0 Å². The van der Waals surface area contributed by atoms with E-state index in [9.17, 15) is 4.79 Å². The minimum Gasteiger partial charge on any atom is -0.481 e. The summed E-state index contributed by atoms with van der Waals surface area (Å²) in [5.74, 6) is 0.749. The summed E-state index contributed by atoms with van der Waals surface area (Å²) in [6, 6.07) is 14.5. The van der Waals surface area contributed by atoms with Gasteiger partial charge in [0.1, 0.15) is 5.75 Å². The molecule has 0 aromatic heterocycles. The summed E-state index contributed by atoms with van der Waals surface area (Å²) in [7, 11) is 0. The first-order valence-corrected chi connectivity index (χ1v) is 9.27. The molecule has 1 aliphatic rings. The van der Waals surface area contributed by atoms with Gasteiger partial charge in [0, 0.05) is 6.54 Å². The molecule has 2 aromatic rings. The van der Waals surface area contributed by atoms with Gasteiger partial charge in [-0.1, -0.05) is 42.8 Å². The van der Waals surface area contributed by atoms with Crippen molar-refractivity contribution in [2.75, 3.05) is 0 Å². The zero-order valence-electron chi connectivity index (χ0n) is 15.2. The number of ether oxygens (including phenoxy) is 1. The minimum absolute atomic E-state index is 0.0548. The zero-order chi connectivity index (χ0) is 17.6. The topological polar surface area (TPSA) is 38.3 Å². The number of fused-ring (bicyclic) bond motifs is 1. The second-order valence-electron chi connectivity index (χ2n) is 6.86. The van der Waals surface area contributed by atoms with Crippen molar-refractivity contribution in [3.8, 4) is 5.75 Å². The number of nitrogens with one attached hydrogen (secondary N) is 1. The first kappa shape index (κ1) is 17.5. The van der Waals surface area contributed by atoms with Crippen molar-refractivity contribution in [3.05, 3.63) is 64.7 Å². The van der Waals surface area contributed by atoms with Crippen LogP contribution in [0.15, 0.2) is 42.5 Å². The summed E-state index contributed by atoms with van der Waals surface area (Å²) >= 11 is 0. The molecule has 1 atom stereocenters. The molecule has 132 valence electrons. The van der Waals surface area contributed by atoms with Gasteiger partial charge in [0.2, 0.25) is 0 Å². The molecule has 0 fully saturated rings. The van der Waals surface area contributed by atoms with E-state index in [1.165, 1.54) is 29.5 Å². The maximum atomic E-state index is 12.5. The van der Waals surface area contributed by atoms with Crippen LogP contribution < -0.4 is 10.1 Å². The molecule has 0 aliphatic heterocycles. The maximum absolute atomic E-state index is 12.5. The first-order chi connectivity index (χ1) is 12.2. The van der Waals surface area contributed by atoms with Gasteiger partial charge in [-0.3, -0.25) is 4.79 Å². The molecule has 1 N–H and O–H groups in total. The van der Waals surface area contributed by atoms with Crippen molar-refractivity contribution < 1.29 is 9.53 Å². The summed E-state index contributed by atoms with van der Waals surface area (Å²) in [5, 5.41) is 2.99. The van der Waals surface area contributed by atoms with E-state index in [-0.39, 0.29) is 5.91 Å². The third-order valence-electron chi connectivity index (χ3n) is 4.85. The molecule has 0 spiro atoms. The quantitative estimate of drug-likeness (QED) is 0.851. The number of hydrogen-bond acceptors (Lipinski definition) is 2. The van der Waals surface area contributed by atoms with Crippen molar-refractivity contribution >= 4 is 5.91 Å². The number of hydrogen-bond donors (Lipinski definition) is 1. The van der Waals surface area contributed by atoms with Crippen LogP contribution in [0.5, 0.6) is 5.75 Å². The Morgan fingerprint density at radius 3 is 2.52 bits per heavy atom. The lowest BCUT2D eigenvalue weighted by Crippen LogP contribution is -2.37. The lowest BCUT2D eigenvalue weighted by Gasteiger charge is -2.20. The van der Waals surface area contributed by atoms with E-state index in [1.807, 2.05) is 25.1 Å². The summed E-state index contributed by atoms with van der Waals surface area (Å²) in [6.45, 7) is 4.57. The van der Waals surface area contributed by atoms with Crippen LogP contribution in [0.1, 0.15) is 48.4 Å². The van der Waals surface area contributed by atoms with Crippen LogP contribution in [0.4, 0.5) is 0 Å². The summed E-state index contributed by atoms with van der Waals surface area (Å²) in [5.41, 5.74) is 5.12. The summed E-state index contributed by atoms with van der Waals surface area (Å²) < 4.78 is 5.99. The smallest absolute Gasteiger partial charge is 0.261 e. The fourth-order valence-electron chi connectivity index (χ4n) is 3.28. The largest absolute Gasteiger partial charge is 0.481 e. The van der Waals surface area contributed by atoms with Gasteiger partial charge in [-0.05, 0) is 67.9 Å². The molecule has 0 unspecified atom stereocenters. The van der Waals surface area contributed by atoms with Gasteiger partial charge in [-0.15, -0.1) is 0 Å². The molecule has 0 saturated carbocycles. The maximum Gasteiger partial charge on any atom is 0.261 e. The van der Waals surface area contributed by atoms with Crippen molar-refractivity contribution in [2.24, 2.45) is 0 Å². The van der Waals surface area contributed by atoms with Gasteiger partial charge in [-0.25, -0.2) is 0 Å². The molecule has 0 saturated heterocycles. The third kappa shape index (κ3) is 4.62. The lowest BCUT2D eigenvalue weighted by atomic mass is 9.92. The van der Waals surface area contributed by atoms with Gasteiger partial charge in [0.15, 0.2) is 6.10 Å². The number of benzene rings is 2. The van der Waals surface area contributed by atoms with Crippen LogP contribution in [-0.2, 0) is 24.2 Å². The average molecular weight is 337 g/mol. The lowest BCUT2D eigenvalue weighted by molar-refractivity contribution is -0.128. The van der Waals surface area contributed by atoms with E-state index in [4.69, 9.17) is 4.74 Å². The van der Waals surface area contributed by atoms with Crippen molar-refractivity contribution in [2.45, 2.75) is 58.6 Å². The molecule has 3 rings (SSSR count). The van der Waals surface area contributed by atoms with E-state index >= 15 is 0 Å². The van der Waals surface area contributed by atoms with Crippen LogP contribution in [-0.4, -0.2) is 12.0 Å². The van der Waals surface area contributed by atoms with Gasteiger partial charge >= 0.3 is 0 Å². The Morgan fingerprint density at radius 2 is 1.80 bits per heavy atom. The fourth-order valence-corrected chi connectivity index (χ4v) is 3.28. The standard InChI is InChI=1S/C22H27NO2/c1-3-21(22(24)23-15-17-10-8-16(2)9-11-17)25-20-13-12-18-6-4-5-7-19(18)14-20/h8-14,21H,3-7,15H2,1-2H3,(H,23,24)/t21-/m0/s1. The van der Waals surface area contributed by atoms with E-state index in [1.54, 1.807) is 0 Å². The second-order valence-corrected chi connectivity index (χ2v) is 6.86. The minimum atomic E-state index is -0.452. The van der Waals surface area contributed by atoms with E-state index in [0.717, 1.165) is 24.2 Å². The summed E-state index contributed by atoms with van der Waals surface area (Å²) in [4.78, 5) is 12.5. The molecule has 25 heavy (non-hydrogen) atoms. The van der Waals surface area contributed by atoms with E-state index in [0.29, 0.717) is 13.0 Å². The molecule has 2 aromatic carbocycles. The van der Waals surface area contributed by atoms with Crippen molar-refractivity contribution in [3.63, 3.8) is 0 Å². The summed E-state index contributed by atoms with van der Waals surface area (Å²) in [6.07, 6.45) is 4.98. The highest BCUT2D eigenvalue weighted by atomic mass is 16.5. The number of amides is 1. The van der Waals surface area contributed by atoms with E-state index in [2.05, 4.69) is 36.5 Å². The Hall–Kier alpha value is -2.29. The molecule has 3 nitrogen and oxygen atoms in total. The first-order valence-electron chi connectivity index (χ1n) is 9.27. The second kappa shape index (κ2) is 8.19. The molecule has 1 amide bonds. The number of aryl methyl sites for hydroxylation is 3. The van der Waals surface area contributed by atoms with Gasteiger partial charge in [-0.2, -0.15) is 0 Å². The Bertz CT molecular complexity index is 721. The van der Waals surface area contributed by atoms with Crippen LogP contribution in [0.25, 0.3) is 0 Å². The van der Waals surface area contributed by atoms with Crippen LogP contribution in [0.2, 0.25) is 0 Å². The molecule has 1 aliphatic carbocycles. The Balaban J connectivity index is 1.59. The van der Waals surface area contributed by atoms with E-state index < -0.39 is 6.10 Å². The highest BCUT2D eigenvalue weighted by Gasteiger charge is 2.19. The van der Waals surface area contributed by atoms with Crippen LogP contribution in [0.3, 0.4) is 0 Å².